The van der Waals surface area contributed by atoms with Crippen molar-refractivity contribution in [3.8, 4) is 11.3 Å². The molecule has 0 bridgehead atoms. The predicted molar refractivity (Wildman–Crippen MR) is 157 cm³/mol. The van der Waals surface area contributed by atoms with Crippen LogP contribution in [0.4, 0.5) is 0 Å². The van der Waals surface area contributed by atoms with E-state index in [1.807, 2.05) is 28.9 Å². The van der Waals surface area contributed by atoms with E-state index in [0.717, 1.165) is 12.1 Å². The van der Waals surface area contributed by atoms with Gasteiger partial charge in [-0.3, -0.25) is 4.98 Å². The van der Waals surface area contributed by atoms with Crippen LogP contribution in [0.25, 0.3) is 52.3 Å². The molecule has 1 nitrogen and oxygen atoms in total. The van der Waals surface area contributed by atoms with E-state index in [1.165, 1.54) is 62.6 Å². The molecule has 3 aromatic carbocycles. The van der Waals surface area contributed by atoms with Gasteiger partial charge in [0, 0.05) is 27.4 Å². The van der Waals surface area contributed by atoms with Gasteiger partial charge in [-0.25, -0.2) is 0 Å². The molecule has 0 aliphatic heterocycles. The van der Waals surface area contributed by atoms with Gasteiger partial charge in [0.05, 0.1) is 19.8 Å². The smallest absolute Gasteiger partial charge is 0.0880 e. The quantitative estimate of drug-likeness (QED) is 0.239. The largest absolute Gasteiger partial charge is 0.255 e. The van der Waals surface area contributed by atoms with E-state index in [-0.39, 0.29) is 5.41 Å². The zero-order chi connectivity index (χ0) is 24.5. The number of rotatable bonds is 3. The van der Waals surface area contributed by atoms with Crippen molar-refractivity contribution < 1.29 is 0 Å². The Balaban J connectivity index is 1.64. The summed E-state index contributed by atoms with van der Waals surface area (Å²) in [6.07, 6.45) is 3.14. The van der Waals surface area contributed by atoms with Gasteiger partial charge < -0.3 is 0 Å². The topological polar surface area (TPSA) is 12.9 Å². The molecule has 6 aromatic rings. The number of hydrogen-bond donors (Lipinski definition) is 0. The van der Waals surface area contributed by atoms with Gasteiger partial charge in [0.25, 0.3) is 0 Å². The lowest BCUT2D eigenvalue weighted by Gasteiger charge is -2.22. The maximum Gasteiger partial charge on any atom is 0.0880 e. The number of benzene rings is 3. The van der Waals surface area contributed by atoms with Crippen LogP contribution in [0.15, 0.2) is 60.8 Å². The molecule has 0 fully saturated rings. The number of hydrogen-bond acceptors (Lipinski definition) is 3. The maximum atomic E-state index is 4.96. The number of pyridine rings is 1. The fourth-order valence-corrected chi connectivity index (χ4v) is 8.29. The Morgan fingerprint density at radius 1 is 0.800 bits per heavy atom. The van der Waals surface area contributed by atoms with Crippen molar-refractivity contribution in [2.75, 3.05) is 0 Å². The second-order valence-electron chi connectivity index (χ2n) is 11.2. The van der Waals surface area contributed by atoms with Crippen LogP contribution in [0.3, 0.4) is 0 Å². The summed E-state index contributed by atoms with van der Waals surface area (Å²) in [5.41, 5.74) is 5.20. The van der Waals surface area contributed by atoms with Crippen LogP contribution in [0.2, 0.25) is 0 Å². The molecule has 35 heavy (non-hydrogen) atoms. The average Bonchev–Trinajstić information content (AvgIpc) is 3.35. The maximum absolute atomic E-state index is 4.96. The third-order valence-corrected chi connectivity index (χ3v) is 9.82. The van der Waals surface area contributed by atoms with Gasteiger partial charge in [-0.1, -0.05) is 71.0 Å². The lowest BCUT2D eigenvalue weighted by atomic mass is 9.82. The van der Waals surface area contributed by atoms with E-state index in [2.05, 4.69) is 96.1 Å². The molecule has 0 aliphatic carbocycles. The van der Waals surface area contributed by atoms with E-state index in [0.29, 0.717) is 5.92 Å². The highest BCUT2D eigenvalue weighted by Crippen LogP contribution is 2.46. The first-order chi connectivity index (χ1) is 16.7. The monoisotopic (exact) mass is 493 g/mol. The minimum absolute atomic E-state index is 0.0527. The van der Waals surface area contributed by atoms with Crippen molar-refractivity contribution in [2.45, 2.75) is 53.4 Å². The van der Waals surface area contributed by atoms with Crippen LogP contribution >= 0.6 is 22.7 Å². The number of aryl methyl sites for hydroxylation is 1. The third-order valence-electron chi connectivity index (χ3n) is 7.10. The molecule has 0 radical (unpaired) electrons. The second-order valence-corrected chi connectivity index (χ2v) is 13.3. The Labute approximate surface area is 215 Å². The Morgan fingerprint density at radius 2 is 1.51 bits per heavy atom. The minimum Gasteiger partial charge on any atom is -0.255 e. The standard InChI is InChI=1S/C32H31NS2/c1-18(2)15-27-19(3)22-11-12-24-25-13-14-33-28(29(25)35-31(24)30(22)34-27)21-16-20-9-7-8-10-23(20)26(17-21)32(4,5)6/h7-14,16-18H,15H2,1-6H3. The molecule has 3 heterocycles. The zero-order valence-corrected chi connectivity index (χ0v) is 23.0. The molecule has 0 unspecified atom stereocenters. The van der Waals surface area contributed by atoms with Crippen molar-refractivity contribution >= 4 is 63.7 Å². The summed E-state index contributed by atoms with van der Waals surface area (Å²) in [6, 6.07) is 20.3. The summed E-state index contributed by atoms with van der Waals surface area (Å²) in [6.45, 7) is 13.8. The molecule has 3 heteroatoms. The van der Waals surface area contributed by atoms with Gasteiger partial charge in [-0.2, -0.15) is 0 Å². The fourth-order valence-electron chi connectivity index (χ4n) is 5.33. The molecule has 0 saturated carbocycles. The Kier molecular flexibility index (Phi) is 5.28. The van der Waals surface area contributed by atoms with E-state index in [9.17, 15) is 0 Å². The Morgan fingerprint density at radius 3 is 2.29 bits per heavy atom. The zero-order valence-electron chi connectivity index (χ0n) is 21.3. The summed E-state index contributed by atoms with van der Waals surface area (Å²) in [5.74, 6) is 0.667. The Hall–Kier alpha value is -2.75. The third kappa shape index (κ3) is 3.68. The highest BCUT2D eigenvalue weighted by atomic mass is 32.1. The van der Waals surface area contributed by atoms with Crippen LogP contribution in [0.1, 0.15) is 50.6 Å². The molecule has 3 aromatic heterocycles. The van der Waals surface area contributed by atoms with Gasteiger partial charge in [-0.15, -0.1) is 22.7 Å². The van der Waals surface area contributed by atoms with E-state index in [4.69, 9.17) is 4.98 Å². The van der Waals surface area contributed by atoms with Crippen LogP contribution in [-0.4, -0.2) is 4.98 Å². The van der Waals surface area contributed by atoms with Crippen molar-refractivity contribution in [3.63, 3.8) is 0 Å². The molecule has 176 valence electrons. The predicted octanol–water partition coefficient (Wildman–Crippen LogP) is 10.3. The van der Waals surface area contributed by atoms with E-state index >= 15 is 0 Å². The van der Waals surface area contributed by atoms with Gasteiger partial charge in [0.15, 0.2) is 0 Å². The number of fused-ring (bicyclic) bond motifs is 6. The van der Waals surface area contributed by atoms with Gasteiger partial charge in [-0.05, 0) is 70.2 Å². The molecule has 0 saturated heterocycles. The summed E-state index contributed by atoms with van der Waals surface area (Å²) in [4.78, 5) is 6.49. The Bertz CT molecular complexity index is 1740. The number of aromatic nitrogens is 1. The van der Waals surface area contributed by atoms with Crippen molar-refractivity contribution in [3.05, 3.63) is 76.8 Å². The molecule has 0 N–H and O–H groups in total. The van der Waals surface area contributed by atoms with Gasteiger partial charge >= 0.3 is 0 Å². The van der Waals surface area contributed by atoms with Gasteiger partial charge in [0.1, 0.15) is 0 Å². The van der Waals surface area contributed by atoms with Gasteiger partial charge in [0.2, 0.25) is 0 Å². The van der Waals surface area contributed by atoms with Crippen LogP contribution in [-0.2, 0) is 11.8 Å². The second kappa shape index (κ2) is 8.15. The first-order valence-electron chi connectivity index (χ1n) is 12.5. The molecular formula is C32H31NS2. The summed E-state index contributed by atoms with van der Waals surface area (Å²) >= 11 is 3.92. The normalized spacial score (nSPS) is 12.7. The molecule has 6 rings (SSSR count). The van der Waals surface area contributed by atoms with Crippen LogP contribution in [0.5, 0.6) is 0 Å². The van der Waals surface area contributed by atoms with E-state index in [1.54, 1.807) is 0 Å². The molecule has 0 atom stereocenters. The minimum atomic E-state index is 0.0527. The average molecular weight is 494 g/mol. The number of nitrogens with zero attached hydrogens (tertiary/aromatic N) is 1. The summed E-state index contributed by atoms with van der Waals surface area (Å²) in [5, 5.41) is 6.71. The fraction of sp³-hybridized carbons (Fsp3) is 0.281. The highest BCUT2D eigenvalue weighted by molar-refractivity contribution is 7.31. The molecular weight excluding hydrogens is 462 g/mol. The van der Waals surface area contributed by atoms with Crippen molar-refractivity contribution in [1.82, 2.24) is 4.98 Å². The summed E-state index contributed by atoms with van der Waals surface area (Å²) in [7, 11) is 0. The van der Waals surface area contributed by atoms with Crippen molar-refractivity contribution in [2.24, 2.45) is 5.92 Å². The van der Waals surface area contributed by atoms with Crippen LogP contribution in [0, 0.1) is 12.8 Å². The lowest BCUT2D eigenvalue weighted by molar-refractivity contribution is 0.596. The molecule has 0 aliphatic rings. The van der Waals surface area contributed by atoms with E-state index < -0.39 is 0 Å². The summed E-state index contributed by atoms with van der Waals surface area (Å²) < 4.78 is 4.14. The lowest BCUT2D eigenvalue weighted by Crippen LogP contribution is -2.12. The van der Waals surface area contributed by atoms with Crippen LogP contribution < -0.4 is 0 Å². The van der Waals surface area contributed by atoms with Crippen molar-refractivity contribution in [1.29, 1.82) is 0 Å². The molecule has 0 spiro atoms. The number of thiophene rings is 2. The SMILES string of the molecule is Cc1c(CC(C)C)sc2c1ccc1c3ccnc(-c4cc(C(C)(C)C)c5ccccc5c4)c3sc12. The first kappa shape index (κ1) is 22.7. The first-order valence-corrected chi connectivity index (χ1v) is 14.1. The molecule has 0 amide bonds. The highest BCUT2D eigenvalue weighted by Gasteiger charge is 2.21.